The summed E-state index contributed by atoms with van der Waals surface area (Å²) in [5, 5.41) is 0. The second-order valence-electron chi connectivity index (χ2n) is 5.94. The first-order valence-electron chi connectivity index (χ1n) is 7.89. The van der Waals surface area contributed by atoms with Crippen LogP contribution >= 0.6 is 15.9 Å². The number of fused-ring (bicyclic) bond motifs is 2. The van der Waals surface area contributed by atoms with Gasteiger partial charge in [0.05, 0.1) is 12.1 Å². The summed E-state index contributed by atoms with van der Waals surface area (Å²) in [5.41, 5.74) is 1.44. The van der Waals surface area contributed by atoms with Crippen molar-refractivity contribution < 1.29 is 23.0 Å². The van der Waals surface area contributed by atoms with E-state index < -0.39 is 11.6 Å². The zero-order valence-corrected chi connectivity index (χ0v) is 14.7. The molecule has 0 N–H and O–H groups in total. The van der Waals surface area contributed by atoms with Crippen molar-refractivity contribution in [3.8, 4) is 11.5 Å². The van der Waals surface area contributed by atoms with Crippen molar-refractivity contribution in [1.82, 2.24) is 0 Å². The zero-order valence-electron chi connectivity index (χ0n) is 13.2. The number of carbonyl (C=O) groups is 1. The first kappa shape index (κ1) is 16.3. The molecule has 130 valence electrons. The average molecular weight is 410 g/mol. The Hall–Kier alpha value is -2.15. The Kier molecular flexibility index (Phi) is 4.11. The molecule has 0 fully saturated rings. The highest BCUT2D eigenvalue weighted by Crippen LogP contribution is 2.37. The Bertz CT molecular complexity index is 872. The molecule has 0 unspecified atom stereocenters. The van der Waals surface area contributed by atoms with E-state index in [9.17, 15) is 13.6 Å². The van der Waals surface area contributed by atoms with E-state index in [4.69, 9.17) is 9.47 Å². The van der Waals surface area contributed by atoms with Gasteiger partial charge in [-0.15, -0.1) is 0 Å². The van der Waals surface area contributed by atoms with E-state index in [1.807, 2.05) is 0 Å². The highest BCUT2D eigenvalue weighted by molar-refractivity contribution is 9.10. The average Bonchev–Trinajstić information content (AvgIpc) is 2.99. The van der Waals surface area contributed by atoms with Crippen LogP contribution in [0.25, 0.3) is 0 Å². The predicted octanol–water partition coefficient (Wildman–Crippen LogP) is 3.63. The molecule has 2 aromatic carbocycles. The van der Waals surface area contributed by atoms with Crippen molar-refractivity contribution in [2.45, 2.75) is 12.8 Å². The summed E-state index contributed by atoms with van der Waals surface area (Å²) in [6, 6.07) is 5.60. The normalized spacial score (nSPS) is 15.2. The van der Waals surface area contributed by atoms with Crippen molar-refractivity contribution >= 4 is 27.5 Å². The fourth-order valence-corrected chi connectivity index (χ4v) is 3.64. The Morgan fingerprint density at radius 3 is 2.60 bits per heavy atom. The minimum absolute atomic E-state index is 0.0921. The molecule has 1 amide bonds. The van der Waals surface area contributed by atoms with Crippen molar-refractivity contribution in [2.75, 3.05) is 24.7 Å². The quantitative estimate of drug-likeness (QED) is 0.759. The minimum atomic E-state index is -0.684. The third-order valence-electron chi connectivity index (χ3n) is 4.37. The molecule has 0 radical (unpaired) electrons. The van der Waals surface area contributed by atoms with Gasteiger partial charge in [0.25, 0.3) is 0 Å². The third-order valence-corrected chi connectivity index (χ3v) is 5.11. The van der Waals surface area contributed by atoms with Gasteiger partial charge in [-0.2, -0.15) is 0 Å². The van der Waals surface area contributed by atoms with Gasteiger partial charge in [-0.25, -0.2) is 8.78 Å². The lowest BCUT2D eigenvalue weighted by Gasteiger charge is -2.21. The monoisotopic (exact) mass is 409 g/mol. The van der Waals surface area contributed by atoms with Gasteiger partial charge in [0, 0.05) is 22.6 Å². The van der Waals surface area contributed by atoms with E-state index in [1.54, 1.807) is 12.1 Å². The molecule has 0 aliphatic carbocycles. The second-order valence-corrected chi connectivity index (χ2v) is 6.80. The number of ether oxygens (including phenoxy) is 2. The van der Waals surface area contributed by atoms with Gasteiger partial charge in [-0.3, -0.25) is 4.79 Å². The molecule has 0 saturated carbocycles. The van der Waals surface area contributed by atoms with Crippen LogP contribution < -0.4 is 14.4 Å². The number of hydrogen-bond acceptors (Lipinski definition) is 3. The van der Waals surface area contributed by atoms with Crippen LogP contribution in [0, 0.1) is 11.6 Å². The molecule has 0 saturated heterocycles. The Balaban J connectivity index is 1.60. The molecule has 0 atom stereocenters. The Morgan fingerprint density at radius 1 is 1.12 bits per heavy atom. The number of anilines is 1. The molecule has 2 heterocycles. The molecule has 7 heteroatoms. The van der Waals surface area contributed by atoms with E-state index in [2.05, 4.69) is 15.9 Å². The molecule has 0 aromatic heterocycles. The molecule has 4 rings (SSSR count). The number of halogens is 3. The molecule has 2 aliphatic rings. The van der Waals surface area contributed by atoms with Crippen LogP contribution in [0.4, 0.5) is 14.5 Å². The van der Waals surface area contributed by atoms with E-state index in [1.165, 1.54) is 11.0 Å². The Morgan fingerprint density at radius 2 is 1.84 bits per heavy atom. The van der Waals surface area contributed by atoms with Crippen LogP contribution in [-0.2, 0) is 17.6 Å². The number of carbonyl (C=O) groups excluding carboxylic acids is 1. The van der Waals surface area contributed by atoms with Crippen molar-refractivity contribution in [3.63, 3.8) is 0 Å². The van der Waals surface area contributed by atoms with Gasteiger partial charge >= 0.3 is 0 Å². The molecule has 2 aliphatic heterocycles. The smallest absolute Gasteiger partial charge is 0.231 e. The maximum Gasteiger partial charge on any atom is 0.231 e. The number of hydrogen-bond donors (Lipinski definition) is 0. The van der Waals surface area contributed by atoms with Gasteiger partial charge in [0.2, 0.25) is 5.91 Å². The number of rotatable bonds is 2. The highest BCUT2D eigenvalue weighted by atomic mass is 79.9. The van der Waals surface area contributed by atoms with Crippen LogP contribution in [-0.4, -0.2) is 25.7 Å². The van der Waals surface area contributed by atoms with Gasteiger partial charge in [0.1, 0.15) is 24.8 Å². The molecular formula is C18H14BrF2NO3. The molecule has 4 nitrogen and oxygen atoms in total. The summed E-state index contributed by atoms with van der Waals surface area (Å²) in [7, 11) is 0. The van der Waals surface area contributed by atoms with Gasteiger partial charge in [-0.05, 0) is 30.2 Å². The second kappa shape index (κ2) is 6.29. The minimum Gasteiger partial charge on any atom is -0.486 e. The maximum atomic E-state index is 13.9. The van der Waals surface area contributed by atoms with E-state index in [0.717, 1.165) is 16.1 Å². The van der Waals surface area contributed by atoms with E-state index in [-0.39, 0.29) is 12.3 Å². The van der Waals surface area contributed by atoms with Gasteiger partial charge in [0.15, 0.2) is 11.5 Å². The summed E-state index contributed by atoms with van der Waals surface area (Å²) in [4.78, 5) is 14.1. The number of benzene rings is 2. The first-order valence-corrected chi connectivity index (χ1v) is 8.68. The third kappa shape index (κ3) is 2.97. The fraction of sp³-hybridized carbons (Fsp3) is 0.278. The zero-order chi connectivity index (χ0) is 17.6. The van der Waals surface area contributed by atoms with Gasteiger partial charge in [-0.1, -0.05) is 15.9 Å². The summed E-state index contributed by atoms with van der Waals surface area (Å²) in [6.45, 7) is 1.29. The van der Waals surface area contributed by atoms with Gasteiger partial charge < -0.3 is 14.4 Å². The van der Waals surface area contributed by atoms with Crippen LogP contribution in [0.2, 0.25) is 0 Å². The molecule has 2 aromatic rings. The topological polar surface area (TPSA) is 38.8 Å². The van der Waals surface area contributed by atoms with Crippen LogP contribution in [0.15, 0.2) is 28.7 Å². The molecule has 0 bridgehead atoms. The van der Waals surface area contributed by atoms with E-state index >= 15 is 0 Å². The predicted molar refractivity (Wildman–Crippen MR) is 91.3 cm³/mol. The summed E-state index contributed by atoms with van der Waals surface area (Å²) >= 11 is 3.44. The van der Waals surface area contributed by atoms with Crippen LogP contribution in [0.1, 0.15) is 11.1 Å². The maximum absolute atomic E-state index is 13.9. The highest BCUT2D eigenvalue weighted by Gasteiger charge is 2.28. The number of nitrogens with zero attached hydrogens (tertiary/aromatic N) is 1. The summed E-state index contributed by atoms with van der Waals surface area (Å²) in [5.74, 6) is -0.287. The standard InChI is InChI=1S/C18H14BrF2NO3/c19-13-9-17-16(24-3-4-25-17)5-10(13)6-18(23)22-2-1-12-14(21)7-11(20)8-15(12)22/h5,7-9H,1-4,6H2. The van der Waals surface area contributed by atoms with E-state index in [0.29, 0.717) is 48.9 Å². The summed E-state index contributed by atoms with van der Waals surface area (Å²) < 4.78 is 39.2. The SMILES string of the molecule is O=C(Cc1cc2c(cc1Br)OCCO2)N1CCc2c(F)cc(F)cc21. The lowest BCUT2D eigenvalue weighted by Crippen LogP contribution is -2.30. The lowest BCUT2D eigenvalue weighted by atomic mass is 10.1. The largest absolute Gasteiger partial charge is 0.486 e. The van der Waals surface area contributed by atoms with Crippen LogP contribution in [0.3, 0.4) is 0 Å². The lowest BCUT2D eigenvalue weighted by molar-refractivity contribution is -0.117. The van der Waals surface area contributed by atoms with Crippen molar-refractivity contribution in [2.24, 2.45) is 0 Å². The molecule has 25 heavy (non-hydrogen) atoms. The fourth-order valence-electron chi connectivity index (χ4n) is 3.18. The Labute approximate surface area is 151 Å². The van der Waals surface area contributed by atoms with Crippen molar-refractivity contribution in [3.05, 3.63) is 51.5 Å². The molecular weight excluding hydrogens is 396 g/mol. The molecule has 0 spiro atoms. The first-order chi connectivity index (χ1) is 12.0. The van der Waals surface area contributed by atoms with Crippen molar-refractivity contribution in [1.29, 1.82) is 0 Å². The summed E-state index contributed by atoms with van der Waals surface area (Å²) in [6.07, 6.45) is 0.476. The van der Waals surface area contributed by atoms with Crippen LogP contribution in [0.5, 0.6) is 11.5 Å². The number of amides is 1.